The number of rotatable bonds is 3. The van der Waals surface area contributed by atoms with Crippen molar-refractivity contribution in [2.24, 2.45) is 0 Å². The number of aliphatic carboxylic acids is 1. The predicted octanol–water partition coefficient (Wildman–Crippen LogP) is 2.69. The molecule has 0 fully saturated rings. The average molecular weight is 284 g/mol. The first kappa shape index (κ1) is 13.7. The largest absolute Gasteiger partial charge is 0.481 e. The number of nitrogens with one attached hydrogen (secondary N) is 1. The van der Waals surface area contributed by atoms with Crippen LogP contribution in [0.5, 0.6) is 0 Å². The molecule has 0 amide bonds. The number of nitriles is 1. The molecule has 0 spiro atoms. The Kier molecular flexibility index (Phi) is 3.19. The lowest BCUT2D eigenvalue weighted by atomic mass is 9.86. The summed E-state index contributed by atoms with van der Waals surface area (Å²) in [5.74, 6) is -0.885. The minimum absolute atomic E-state index is 0.0782. The molecule has 1 unspecified atom stereocenters. The number of H-pyrrole nitrogens is 1. The fourth-order valence-electron chi connectivity index (χ4n) is 3.26. The summed E-state index contributed by atoms with van der Waals surface area (Å²) in [5.41, 5.74) is 2.50. The molecule has 2 heterocycles. The number of aromatic nitrogens is 1. The Morgan fingerprint density at radius 1 is 1.57 bits per heavy atom. The zero-order valence-electron chi connectivity index (χ0n) is 11.8. The van der Waals surface area contributed by atoms with Crippen LogP contribution >= 0.6 is 0 Å². The third-order valence-electron chi connectivity index (χ3n) is 4.24. The summed E-state index contributed by atoms with van der Waals surface area (Å²) in [4.78, 5) is 14.5. The molecular formula is C16H16N2O3. The molecule has 1 aromatic heterocycles. The van der Waals surface area contributed by atoms with Gasteiger partial charge in [-0.2, -0.15) is 5.26 Å². The standard InChI is InChI=1S/C16H16N2O3/c1-2-16(8-13(19)20)15-11(6-7-21-16)14-10(9-17)4-3-5-12(14)18-15/h3-5,18H,2,6-8H2,1H3,(H,19,20). The molecule has 3 rings (SSSR count). The highest BCUT2D eigenvalue weighted by molar-refractivity contribution is 5.90. The van der Waals surface area contributed by atoms with Crippen LogP contribution in [0.15, 0.2) is 18.2 Å². The molecule has 1 aromatic carbocycles. The molecule has 108 valence electrons. The Morgan fingerprint density at radius 3 is 3.05 bits per heavy atom. The van der Waals surface area contributed by atoms with Gasteiger partial charge in [0.15, 0.2) is 0 Å². The molecular weight excluding hydrogens is 268 g/mol. The van der Waals surface area contributed by atoms with Crippen LogP contribution in [-0.4, -0.2) is 22.7 Å². The van der Waals surface area contributed by atoms with Crippen LogP contribution in [0.4, 0.5) is 0 Å². The van der Waals surface area contributed by atoms with Gasteiger partial charge >= 0.3 is 5.97 Å². The van der Waals surface area contributed by atoms with Crippen LogP contribution in [0.3, 0.4) is 0 Å². The third kappa shape index (κ3) is 1.99. The molecule has 5 nitrogen and oxygen atoms in total. The van der Waals surface area contributed by atoms with Crippen molar-refractivity contribution >= 4 is 16.9 Å². The Labute approximate surface area is 122 Å². The summed E-state index contributed by atoms with van der Waals surface area (Å²) in [6.07, 6.45) is 1.18. The van der Waals surface area contributed by atoms with Crippen LogP contribution in [-0.2, 0) is 21.6 Å². The highest BCUT2D eigenvalue weighted by atomic mass is 16.5. The topological polar surface area (TPSA) is 86.1 Å². The fourth-order valence-corrected chi connectivity index (χ4v) is 3.26. The third-order valence-corrected chi connectivity index (χ3v) is 4.24. The van der Waals surface area contributed by atoms with Gasteiger partial charge in [0, 0.05) is 10.9 Å². The lowest BCUT2D eigenvalue weighted by Gasteiger charge is -2.35. The van der Waals surface area contributed by atoms with E-state index in [9.17, 15) is 15.2 Å². The second-order valence-electron chi connectivity index (χ2n) is 5.34. The molecule has 1 atom stereocenters. The van der Waals surface area contributed by atoms with E-state index in [1.54, 1.807) is 6.07 Å². The molecule has 0 aliphatic carbocycles. The lowest BCUT2D eigenvalue weighted by molar-refractivity contribution is -0.148. The Balaban J connectivity index is 2.28. The molecule has 0 radical (unpaired) electrons. The molecule has 0 saturated heterocycles. The number of aromatic amines is 1. The quantitative estimate of drug-likeness (QED) is 0.907. The van der Waals surface area contributed by atoms with Crippen molar-refractivity contribution in [3.8, 4) is 6.07 Å². The smallest absolute Gasteiger partial charge is 0.306 e. The van der Waals surface area contributed by atoms with E-state index >= 15 is 0 Å². The maximum Gasteiger partial charge on any atom is 0.306 e. The molecule has 0 bridgehead atoms. The highest BCUT2D eigenvalue weighted by Crippen LogP contribution is 2.42. The van der Waals surface area contributed by atoms with E-state index < -0.39 is 11.6 Å². The molecule has 2 N–H and O–H groups in total. The molecule has 2 aromatic rings. The van der Waals surface area contributed by atoms with Crippen LogP contribution in [0.2, 0.25) is 0 Å². The van der Waals surface area contributed by atoms with Crippen LogP contribution in [0, 0.1) is 11.3 Å². The normalized spacial score (nSPS) is 21.0. The summed E-state index contributed by atoms with van der Waals surface area (Å²) in [6, 6.07) is 7.74. The summed E-state index contributed by atoms with van der Waals surface area (Å²) < 4.78 is 5.86. The van der Waals surface area contributed by atoms with Crippen molar-refractivity contribution in [2.45, 2.75) is 31.8 Å². The van der Waals surface area contributed by atoms with E-state index in [0.29, 0.717) is 25.0 Å². The molecule has 1 aliphatic rings. The van der Waals surface area contributed by atoms with Crippen molar-refractivity contribution in [1.29, 1.82) is 5.26 Å². The molecule has 0 saturated carbocycles. The number of ether oxygens (including phenoxy) is 1. The number of benzene rings is 1. The van der Waals surface area contributed by atoms with Gasteiger partial charge in [-0.05, 0) is 30.5 Å². The number of hydrogen-bond acceptors (Lipinski definition) is 3. The number of nitrogens with zero attached hydrogens (tertiary/aromatic N) is 1. The van der Waals surface area contributed by atoms with Gasteiger partial charge in [0.2, 0.25) is 0 Å². The first-order valence-corrected chi connectivity index (χ1v) is 7.01. The minimum Gasteiger partial charge on any atom is -0.481 e. The minimum atomic E-state index is -0.885. The second-order valence-corrected chi connectivity index (χ2v) is 5.34. The SMILES string of the molecule is CCC1(CC(=O)O)OCCc2c1[nH]c1cccc(C#N)c21. The zero-order chi connectivity index (χ0) is 15.0. The second kappa shape index (κ2) is 4.90. The van der Waals surface area contributed by atoms with Crippen LogP contribution in [0.1, 0.15) is 36.6 Å². The summed E-state index contributed by atoms with van der Waals surface area (Å²) >= 11 is 0. The maximum absolute atomic E-state index is 11.2. The Bertz CT molecular complexity index is 757. The monoisotopic (exact) mass is 284 g/mol. The van der Waals surface area contributed by atoms with Gasteiger partial charge in [-0.3, -0.25) is 4.79 Å². The fraction of sp³-hybridized carbons (Fsp3) is 0.375. The Morgan fingerprint density at radius 2 is 2.38 bits per heavy atom. The van der Waals surface area contributed by atoms with E-state index in [2.05, 4.69) is 11.1 Å². The zero-order valence-corrected chi connectivity index (χ0v) is 11.8. The first-order chi connectivity index (χ1) is 10.1. The summed E-state index contributed by atoms with van der Waals surface area (Å²) in [5, 5.41) is 19.4. The first-order valence-electron chi connectivity index (χ1n) is 7.01. The van der Waals surface area contributed by atoms with Gasteiger partial charge in [0.1, 0.15) is 5.60 Å². The average Bonchev–Trinajstić information content (AvgIpc) is 2.86. The number of carboxylic acids is 1. The van der Waals surface area contributed by atoms with Crippen molar-refractivity contribution in [3.63, 3.8) is 0 Å². The van der Waals surface area contributed by atoms with Gasteiger partial charge in [-0.25, -0.2) is 0 Å². The van der Waals surface area contributed by atoms with Gasteiger partial charge in [0.25, 0.3) is 0 Å². The lowest BCUT2D eigenvalue weighted by Crippen LogP contribution is -2.37. The van der Waals surface area contributed by atoms with E-state index in [1.165, 1.54) is 0 Å². The highest BCUT2D eigenvalue weighted by Gasteiger charge is 2.41. The molecule has 1 aliphatic heterocycles. The van der Waals surface area contributed by atoms with Gasteiger partial charge in [-0.15, -0.1) is 0 Å². The van der Waals surface area contributed by atoms with E-state index in [1.807, 2.05) is 19.1 Å². The number of hydrogen-bond donors (Lipinski definition) is 2. The van der Waals surface area contributed by atoms with Crippen molar-refractivity contribution in [3.05, 3.63) is 35.0 Å². The summed E-state index contributed by atoms with van der Waals surface area (Å²) in [6.45, 7) is 2.40. The van der Waals surface area contributed by atoms with Crippen LogP contribution in [0.25, 0.3) is 10.9 Å². The maximum atomic E-state index is 11.2. The van der Waals surface area contributed by atoms with Gasteiger partial charge < -0.3 is 14.8 Å². The van der Waals surface area contributed by atoms with E-state index in [0.717, 1.165) is 22.2 Å². The number of fused-ring (bicyclic) bond motifs is 3. The van der Waals surface area contributed by atoms with Crippen molar-refractivity contribution in [2.75, 3.05) is 6.61 Å². The van der Waals surface area contributed by atoms with Crippen molar-refractivity contribution < 1.29 is 14.6 Å². The van der Waals surface area contributed by atoms with E-state index in [4.69, 9.17) is 4.74 Å². The van der Waals surface area contributed by atoms with Gasteiger partial charge in [0.05, 0.1) is 30.4 Å². The Hall–Kier alpha value is -2.32. The predicted molar refractivity (Wildman–Crippen MR) is 76.9 cm³/mol. The molecule has 5 heteroatoms. The number of carboxylic acid groups (broad SMARTS) is 1. The van der Waals surface area contributed by atoms with Crippen LogP contribution < -0.4 is 0 Å². The van der Waals surface area contributed by atoms with E-state index in [-0.39, 0.29) is 6.42 Å². The van der Waals surface area contributed by atoms with Gasteiger partial charge in [-0.1, -0.05) is 13.0 Å². The van der Waals surface area contributed by atoms with Crippen molar-refractivity contribution in [1.82, 2.24) is 4.98 Å². The summed E-state index contributed by atoms with van der Waals surface area (Å²) in [7, 11) is 0. The molecule has 21 heavy (non-hydrogen) atoms. The number of carbonyl (C=O) groups is 1.